The molecule has 2 N–H and O–H groups in total. The average molecular weight is 208 g/mol. The van der Waals surface area contributed by atoms with Crippen LogP contribution >= 0.6 is 0 Å². The number of carbonyl (C=O) groups is 2. The lowest BCUT2D eigenvalue weighted by molar-refractivity contribution is -0.129. The SMILES string of the molecule is [B]CNC(=O)CNC(=O)C1CCCCC1. The minimum atomic E-state index is -0.235. The van der Waals surface area contributed by atoms with E-state index in [0.717, 1.165) is 25.7 Å². The number of carbonyl (C=O) groups excluding carboxylic acids is 2. The first-order chi connectivity index (χ1) is 7.24. The van der Waals surface area contributed by atoms with Crippen LogP contribution in [0.15, 0.2) is 0 Å². The van der Waals surface area contributed by atoms with E-state index >= 15 is 0 Å². The first kappa shape index (κ1) is 12.1. The summed E-state index contributed by atoms with van der Waals surface area (Å²) in [6.07, 6.45) is 5.46. The van der Waals surface area contributed by atoms with Crippen molar-refractivity contribution in [3.8, 4) is 0 Å². The molecule has 15 heavy (non-hydrogen) atoms. The van der Waals surface area contributed by atoms with Crippen LogP contribution in [0.25, 0.3) is 0 Å². The smallest absolute Gasteiger partial charge is 0.238 e. The standard InChI is InChI=1S/C10H17BN2O2/c11-7-13-9(14)6-12-10(15)8-4-2-1-3-5-8/h8H,1-7H2,(H,12,15)(H,13,14). The molecule has 4 nitrogen and oxygen atoms in total. The second kappa shape index (κ2) is 6.48. The summed E-state index contributed by atoms with van der Waals surface area (Å²) in [5.41, 5.74) is 0. The highest BCUT2D eigenvalue weighted by Crippen LogP contribution is 2.23. The zero-order chi connectivity index (χ0) is 11.1. The summed E-state index contributed by atoms with van der Waals surface area (Å²) in [5.74, 6) is -0.132. The predicted molar refractivity (Wildman–Crippen MR) is 58.3 cm³/mol. The summed E-state index contributed by atoms with van der Waals surface area (Å²) < 4.78 is 0. The Hall–Kier alpha value is -0.995. The lowest BCUT2D eigenvalue weighted by atomic mass is 9.89. The van der Waals surface area contributed by atoms with Gasteiger partial charge in [0.05, 0.1) is 14.4 Å². The second-order valence-corrected chi connectivity index (χ2v) is 3.86. The van der Waals surface area contributed by atoms with Crippen LogP contribution in [0.4, 0.5) is 0 Å². The zero-order valence-corrected chi connectivity index (χ0v) is 8.92. The Morgan fingerprint density at radius 3 is 2.40 bits per heavy atom. The predicted octanol–water partition coefficient (Wildman–Crippen LogP) is -0.0749. The van der Waals surface area contributed by atoms with Gasteiger partial charge in [-0.15, -0.1) is 0 Å². The van der Waals surface area contributed by atoms with E-state index in [4.69, 9.17) is 7.85 Å². The van der Waals surface area contributed by atoms with Crippen molar-refractivity contribution in [2.75, 3.05) is 13.0 Å². The third-order valence-electron chi connectivity index (χ3n) is 2.70. The molecule has 0 aromatic rings. The van der Waals surface area contributed by atoms with Gasteiger partial charge in [-0.05, 0) is 19.3 Å². The fraction of sp³-hybridized carbons (Fsp3) is 0.800. The van der Waals surface area contributed by atoms with Gasteiger partial charge in [-0.2, -0.15) is 0 Å². The van der Waals surface area contributed by atoms with E-state index in [9.17, 15) is 9.59 Å². The molecule has 0 bridgehead atoms. The molecular formula is C10H17BN2O2. The average Bonchev–Trinajstić information content (AvgIpc) is 2.27. The largest absolute Gasteiger partial charge is 0.364 e. The third-order valence-corrected chi connectivity index (χ3v) is 2.70. The fourth-order valence-corrected chi connectivity index (χ4v) is 1.85. The van der Waals surface area contributed by atoms with Crippen LogP contribution in [0.3, 0.4) is 0 Å². The Morgan fingerprint density at radius 1 is 1.13 bits per heavy atom. The van der Waals surface area contributed by atoms with Gasteiger partial charge in [0.1, 0.15) is 0 Å². The van der Waals surface area contributed by atoms with Crippen molar-refractivity contribution in [3.05, 3.63) is 0 Å². The topological polar surface area (TPSA) is 58.2 Å². The number of rotatable bonds is 4. The molecule has 0 aromatic heterocycles. The van der Waals surface area contributed by atoms with Crippen LogP contribution in [0.1, 0.15) is 32.1 Å². The van der Waals surface area contributed by atoms with Crippen LogP contribution in [0.5, 0.6) is 0 Å². The van der Waals surface area contributed by atoms with Crippen molar-refractivity contribution in [2.45, 2.75) is 32.1 Å². The van der Waals surface area contributed by atoms with Gasteiger partial charge in [0, 0.05) is 5.92 Å². The summed E-state index contributed by atoms with van der Waals surface area (Å²) in [6.45, 7) is 0.0343. The van der Waals surface area contributed by atoms with E-state index < -0.39 is 0 Å². The van der Waals surface area contributed by atoms with E-state index in [0.29, 0.717) is 0 Å². The second-order valence-electron chi connectivity index (χ2n) is 3.86. The molecular weight excluding hydrogens is 191 g/mol. The van der Waals surface area contributed by atoms with Crippen LogP contribution < -0.4 is 10.6 Å². The zero-order valence-electron chi connectivity index (χ0n) is 8.92. The van der Waals surface area contributed by atoms with Crippen LogP contribution in [-0.4, -0.2) is 32.6 Å². The highest BCUT2D eigenvalue weighted by Gasteiger charge is 2.20. The Kier molecular flexibility index (Phi) is 5.22. The summed E-state index contributed by atoms with van der Waals surface area (Å²) >= 11 is 0. The molecule has 2 amide bonds. The Bertz CT molecular complexity index is 227. The maximum Gasteiger partial charge on any atom is 0.238 e. The van der Waals surface area contributed by atoms with Gasteiger partial charge in [0.2, 0.25) is 11.8 Å². The van der Waals surface area contributed by atoms with Crippen molar-refractivity contribution < 1.29 is 9.59 Å². The number of hydrogen-bond donors (Lipinski definition) is 2. The quantitative estimate of drug-likeness (QED) is 0.635. The molecule has 1 fully saturated rings. The van der Waals surface area contributed by atoms with Gasteiger partial charge >= 0.3 is 0 Å². The van der Waals surface area contributed by atoms with Crippen molar-refractivity contribution >= 4 is 19.7 Å². The molecule has 0 heterocycles. The third kappa shape index (κ3) is 4.36. The molecule has 1 saturated carbocycles. The number of nitrogens with one attached hydrogen (secondary N) is 2. The van der Waals surface area contributed by atoms with Gasteiger partial charge in [-0.3, -0.25) is 9.59 Å². The van der Waals surface area contributed by atoms with E-state index in [1.807, 2.05) is 0 Å². The Labute approximate surface area is 91.6 Å². The molecule has 2 radical (unpaired) electrons. The van der Waals surface area contributed by atoms with Crippen LogP contribution in [-0.2, 0) is 9.59 Å². The number of amides is 2. The van der Waals surface area contributed by atoms with Crippen molar-refractivity contribution in [1.29, 1.82) is 0 Å². The molecule has 82 valence electrons. The Balaban J connectivity index is 2.19. The van der Waals surface area contributed by atoms with Crippen molar-refractivity contribution in [3.63, 3.8) is 0 Å². The molecule has 1 rings (SSSR count). The molecule has 0 aromatic carbocycles. The summed E-state index contributed by atoms with van der Waals surface area (Å²) in [5, 5.41) is 5.06. The molecule has 0 unspecified atom stereocenters. The fourth-order valence-electron chi connectivity index (χ4n) is 1.85. The first-order valence-corrected chi connectivity index (χ1v) is 5.48. The van der Waals surface area contributed by atoms with Gasteiger partial charge in [-0.25, -0.2) is 0 Å². The molecule has 0 atom stereocenters. The summed E-state index contributed by atoms with van der Waals surface area (Å²) in [4.78, 5) is 22.6. The van der Waals surface area contributed by atoms with Crippen molar-refractivity contribution in [1.82, 2.24) is 10.6 Å². The van der Waals surface area contributed by atoms with Gasteiger partial charge in [0.15, 0.2) is 0 Å². The first-order valence-electron chi connectivity index (χ1n) is 5.48. The van der Waals surface area contributed by atoms with Gasteiger partial charge in [0.25, 0.3) is 0 Å². The van der Waals surface area contributed by atoms with Crippen LogP contribution in [0, 0.1) is 5.92 Å². The van der Waals surface area contributed by atoms with Crippen LogP contribution in [0.2, 0.25) is 0 Å². The maximum atomic E-state index is 11.6. The monoisotopic (exact) mass is 208 g/mol. The Morgan fingerprint density at radius 2 is 1.80 bits per heavy atom. The van der Waals surface area contributed by atoms with Gasteiger partial charge < -0.3 is 10.6 Å². The minimum Gasteiger partial charge on any atom is -0.364 e. The van der Waals surface area contributed by atoms with E-state index in [1.165, 1.54) is 6.42 Å². The van der Waals surface area contributed by atoms with E-state index in [1.54, 1.807) is 0 Å². The van der Waals surface area contributed by atoms with E-state index in [2.05, 4.69) is 10.6 Å². The number of hydrogen-bond acceptors (Lipinski definition) is 2. The minimum absolute atomic E-state index is 0.00173. The molecule has 0 spiro atoms. The molecule has 0 aliphatic heterocycles. The summed E-state index contributed by atoms with van der Waals surface area (Å²) in [7, 11) is 5.13. The molecule has 1 aliphatic carbocycles. The lowest BCUT2D eigenvalue weighted by Crippen LogP contribution is -2.40. The highest BCUT2D eigenvalue weighted by molar-refractivity contribution is 6.10. The highest BCUT2D eigenvalue weighted by atomic mass is 16.2. The van der Waals surface area contributed by atoms with Crippen molar-refractivity contribution in [2.24, 2.45) is 5.92 Å². The van der Waals surface area contributed by atoms with Gasteiger partial charge in [-0.1, -0.05) is 19.3 Å². The van der Waals surface area contributed by atoms with E-state index in [-0.39, 0.29) is 30.7 Å². The molecule has 5 heteroatoms. The molecule has 1 aliphatic rings. The summed E-state index contributed by atoms with van der Waals surface area (Å²) in [6, 6.07) is 0. The molecule has 0 saturated heterocycles. The maximum absolute atomic E-state index is 11.6. The lowest BCUT2D eigenvalue weighted by Gasteiger charge is -2.20. The normalized spacial score (nSPS) is 17.1.